The Balaban J connectivity index is 1.95. The zero-order valence-corrected chi connectivity index (χ0v) is 14.5. The third-order valence-electron chi connectivity index (χ3n) is 3.16. The molecule has 114 valence electrons. The summed E-state index contributed by atoms with van der Waals surface area (Å²) in [6, 6.07) is 6.54. The fraction of sp³-hybridized carbons (Fsp3) is 0.529. The van der Waals surface area contributed by atoms with Crippen molar-refractivity contribution in [3.63, 3.8) is 0 Å². The molecule has 1 N–H and O–H groups in total. The van der Waals surface area contributed by atoms with Gasteiger partial charge in [0.2, 0.25) is 0 Å². The SMILES string of the molecule is Cc1cc(C)cc(-c2nnc(CCCNC(C)(C)C)s2)c1. The van der Waals surface area contributed by atoms with E-state index in [1.54, 1.807) is 11.3 Å². The van der Waals surface area contributed by atoms with Gasteiger partial charge in [-0.3, -0.25) is 0 Å². The van der Waals surface area contributed by atoms with E-state index in [1.165, 1.54) is 16.7 Å². The van der Waals surface area contributed by atoms with E-state index in [4.69, 9.17) is 0 Å². The first-order chi connectivity index (χ1) is 9.83. The maximum Gasteiger partial charge on any atom is 0.147 e. The van der Waals surface area contributed by atoms with E-state index in [2.05, 4.69) is 68.3 Å². The summed E-state index contributed by atoms with van der Waals surface area (Å²) >= 11 is 1.71. The zero-order chi connectivity index (χ0) is 15.5. The van der Waals surface area contributed by atoms with Crippen LogP contribution >= 0.6 is 11.3 Å². The summed E-state index contributed by atoms with van der Waals surface area (Å²) < 4.78 is 0. The van der Waals surface area contributed by atoms with Crippen molar-refractivity contribution in [2.45, 2.75) is 53.0 Å². The Bertz CT molecular complexity index is 576. The highest BCUT2D eigenvalue weighted by molar-refractivity contribution is 7.14. The summed E-state index contributed by atoms with van der Waals surface area (Å²) in [4.78, 5) is 0. The van der Waals surface area contributed by atoms with Crippen molar-refractivity contribution in [2.75, 3.05) is 6.54 Å². The lowest BCUT2D eigenvalue weighted by atomic mass is 10.1. The second kappa shape index (κ2) is 6.67. The molecule has 1 aromatic carbocycles. The van der Waals surface area contributed by atoms with Crippen LogP contribution in [-0.4, -0.2) is 22.3 Å². The van der Waals surface area contributed by atoms with Crippen LogP contribution < -0.4 is 5.32 Å². The average molecular weight is 303 g/mol. The second-order valence-electron chi connectivity index (χ2n) is 6.66. The molecule has 0 saturated heterocycles. The van der Waals surface area contributed by atoms with Crippen LogP contribution in [0.25, 0.3) is 10.6 Å². The summed E-state index contributed by atoms with van der Waals surface area (Å²) in [5.74, 6) is 0. The van der Waals surface area contributed by atoms with Crippen molar-refractivity contribution >= 4 is 11.3 Å². The summed E-state index contributed by atoms with van der Waals surface area (Å²) in [5.41, 5.74) is 3.92. The van der Waals surface area contributed by atoms with Gasteiger partial charge >= 0.3 is 0 Å². The standard InChI is InChI=1S/C17H25N3S/c1-12-9-13(2)11-14(10-12)16-20-19-15(21-16)7-6-8-18-17(3,4)5/h9-11,18H,6-8H2,1-5H3. The highest BCUT2D eigenvalue weighted by Crippen LogP contribution is 2.26. The molecule has 3 nitrogen and oxygen atoms in total. The minimum Gasteiger partial charge on any atom is -0.312 e. The Morgan fingerprint density at radius 3 is 2.33 bits per heavy atom. The molecule has 0 aliphatic rings. The predicted octanol–water partition coefficient (Wildman–Crippen LogP) is 4.14. The molecule has 0 radical (unpaired) electrons. The van der Waals surface area contributed by atoms with Gasteiger partial charge in [0.15, 0.2) is 0 Å². The Morgan fingerprint density at radius 2 is 1.71 bits per heavy atom. The minimum atomic E-state index is 0.186. The first-order valence-corrected chi connectivity index (χ1v) is 8.31. The van der Waals surface area contributed by atoms with Gasteiger partial charge in [-0.05, 0) is 59.7 Å². The van der Waals surface area contributed by atoms with Crippen molar-refractivity contribution in [2.24, 2.45) is 0 Å². The van der Waals surface area contributed by atoms with Crippen LogP contribution in [-0.2, 0) is 6.42 Å². The molecular formula is C17H25N3S. The third-order valence-corrected chi connectivity index (χ3v) is 4.19. The van der Waals surface area contributed by atoms with E-state index < -0.39 is 0 Å². The maximum atomic E-state index is 4.34. The molecule has 1 aromatic heterocycles. The Kier molecular flexibility index (Phi) is 5.12. The normalized spacial score (nSPS) is 11.9. The van der Waals surface area contributed by atoms with Crippen LogP contribution in [0.2, 0.25) is 0 Å². The average Bonchev–Trinajstić information content (AvgIpc) is 2.81. The van der Waals surface area contributed by atoms with Crippen LogP contribution in [0.5, 0.6) is 0 Å². The molecule has 0 atom stereocenters. The molecule has 0 spiro atoms. The van der Waals surface area contributed by atoms with E-state index in [-0.39, 0.29) is 5.54 Å². The number of benzene rings is 1. The highest BCUT2D eigenvalue weighted by Gasteiger charge is 2.10. The number of nitrogens with one attached hydrogen (secondary N) is 1. The Labute approximate surface area is 131 Å². The molecule has 0 fully saturated rings. The van der Waals surface area contributed by atoms with Gasteiger partial charge in [-0.1, -0.05) is 28.5 Å². The minimum absolute atomic E-state index is 0.186. The fourth-order valence-electron chi connectivity index (χ4n) is 2.27. The fourth-order valence-corrected chi connectivity index (χ4v) is 3.14. The summed E-state index contributed by atoms with van der Waals surface area (Å²) in [5, 5.41) is 14.3. The van der Waals surface area contributed by atoms with Crippen LogP contribution in [0.1, 0.15) is 43.3 Å². The lowest BCUT2D eigenvalue weighted by Gasteiger charge is -2.20. The second-order valence-corrected chi connectivity index (χ2v) is 7.72. The number of hydrogen-bond acceptors (Lipinski definition) is 4. The van der Waals surface area contributed by atoms with E-state index in [9.17, 15) is 0 Å². The largest absolute Gasteiger partial charge is 0.312 e. The van der Waals surface area contributed by atoms with Crippen molar-refractivity contribution < 1.29 is 0 Å². The monoisotopic (exact) mass is 303 g/mol. The molecule has 0 amide bonds. The maximum absolute atomic E-state index is 4.34. The molecule has 4 heteroatoms. The van der Waals surface area contributed by atoms with Gasteiger partial charge in [0.25, 0.3) is 0 Å². The quantitative estimate of drug-likeness (QED) is 0.843. The van der Waals surface area contributed by atoms with Crippen LogP contribution in [0.15, 0.2) is 18.2 Å². The molecule has 2 aromatic rings. The number of hydrogen-bond donors (Lipinski definition) is 1. The summed E-state index contributed by atoms with van der Waals surface area (Å²) in [7, 11) is 0. The first-order valence-electron chi connectivity index (χ1n) is 7.49. The number of rotatable bonds is 5. The van der Waals surface area contributed by atoms with E-state index in [0.29, 0.717) is 0 Å². The van der Waals surface area contributed by atoms with Crippen LogP contribution in [0.4, 0.5) is 0 Å². The molecule has 0 unspecified atom stereocenters. The molecule has 0 bridgehead atoms. The van der Waals surface area contributed by atoms with Gasteiger partial charge in [-0.15, -0.1) is 10.2 Å². The van der Waals surface area contributed by atoms with Gasteiger partial charge in [0, 0.05) is 17.5 Å². The Morgan fingerprint density at radius 1 is 1.05 bits per heavy atom. The summed E-state index contributed by atoms with van der Waals surface area (Å²) in [6.45, 7) is 11.8. The van der Waals surface area contributed by atoms with Gasteiger partial charge in [-0.25, -0.2) is 0 Å². The molecular weight excluding hydrogens is 278 g/mol. The van der Waals surface area contributed by atoms with Gasteiger partial charge < -0.3 is 5.32 Å². The third kappa shape index (κ3) is 5.21. The predicted molar refractivity (Wildman–Crippen MR) is 90.9 cm³/mol. The molecule has 1 heterocycles. The summed E-state index contributed by atoms with van der Waals surface area (Å²) in [6.07, 6.45) is 2.09. The molecule has 0 aliphatic heterocycles. The number of nitrogens with zero attached hydrogens (tertiary/aromatic N) is 2. The lowest BCUT2D eigenvalue weighted by Crippen LogP contribution is -2.36. The molecule has 2 rings (SSSR count). The topological polar surface area (TPSA) is 37.8 Å². The molecule has 21 heavy (non-hydrogen) atoms. The highest BCUT2D eigenvalue weighted by atomic mass is 32.1. The molecule has 0 saturated carbocycles. The van der Waals surface area contributed by atoms with Gasteiger partial charge in [0.1, 0.15) is 10.0 Å². The smallest absolute Gasteiger partial charge is 0.147 e. The van der Waals surface area contributed by atoms with Crippen molar-refractivity contribution in [3.8, 4) is 10.6 Å². The van der Waals surface area contributed by atoms with E-state index in [0.717, 1.165) is 29.4 Å². The first kappa shape index (κ1) is 16.1. The van der Waals surface area contributed by atoms with Crippen molar-refractivity contribution in [1.29, 1.82) is 0 Å². The van der Waals surface area contributed by atoms with E-state index >= 15 is 0 Å². The van der Waals surface area contributed by atoms with Gasteiger partial charge in [-0.2, -0.15) is 0 Å². The van der Waals surface area contributed by atoms with E-state index in [1.807, 2.05) is 0 Å². The molecule has 0 aliphatic carbocycles. The lowest BCUT2D eigenvalue weighted by molar-refractivity contribution is 0.422. The van der Waals surface area contributed by atoms with Crippen LogP contribution in [0.3, 0.4) is 0 Å². The number of aromatic nitrogens is 2. The van der Waals surface area contributed by atoms with Gasteiger partial charge in [0.05, 0.1) is 0 Å². The van der Waals surface area contributed by atoms with Crippen molar-refractivity contribution in [3.05, 3.63) is 34.3 Å². The van der Waals surface area contributed by atoms with Crippen molar-refractivity contribution in [1.82, 2.24) is 15.5 Å². The van der Waals surface area contributed by atoms with Crippen LogP contribution in [0, 0.1) is 13.8 Å². The zero-order valence-electron chi connectivity index (χ0n) is 13.7. The number of aryl methyl sites for hydroxylation is 3. The Hall–Kier alpha value is -1.26.